The third kappa shape index (κ3) is 5.11. The van der Waals surface area contributed by atoms with Gasteiger partial charge >= 0.3 is 0 Å². The topological polar surface area (TPSA) is 90.7 Å². The molecule has 1 aromatic heterocycles. The van der Waals surface area contributed by atoms with Gasteiger partial charge in [0.05, 0.1) is 37.2 Å². The maximum atomic E-state index is 13.0. The number of benzene rings is 2. The predicted octanol–water partition coefficient (Wildman–Crippen LogP) is 3.54. The maximum Gasteiger partial charge on any atom is 0.261 e. The van der Waals surface area contributed by atoms with E-state index in [9.17, 15) is 10.1 Å². The number of ether oxygens (including phenoxy) is 2. The van der Waals surface area contributed by atoms with Crippen LogP contribution in [0, 0.1) is 11.3 Å². The Labute approximate surface area is 199 Å². The van der Waals surface area contributed by atoms with Gasteiger partial charge in [0.25, 0.3) is 5.91 Å². The molecule has 0 bridgehead atoms. The van der Waals surface area contributed by atoms with Gasteiger partial charge in [0.15, 0.2) is 0 Å². The first-order valence-electron chi connectivity index (χ1n) is 11.1. The van der Waals surface area contributed by atoms with E-state index in [2.05, 4.69) is 32.2 Å². The Kier molecular flexibility index (Phi) is 7.25. The first-order chi connectivity index (χ1) is 16.6. The fourth-order valence-electron chi connectivity index (χ4n) is 4.12. The summed E-state index contributed by atoms with van der Waals surface area (Å²) < 4.78 is 10.7. The van der Waals surface area contributed by atoms with Gasteiger partial charge in [0.2, 0.25) is 5.88 Å². The highest BCUT2D eigenvalue weighted by atomic mass is 16.5. The number of aromatic nitrogens is 1. The lowest BCUT2D eigenvalue weighted by atomic mass is 10.1. The third-order valence-corrected chi connectivity index (χ3v) is 5.88. The number of carbonyl (C=O) groups is 1. The van der Waals surface area contributed by atoms with Crippen molar-refractivity contribution in [2.24, 2.45) is 0 Å². The second-order valence-corrected chi connectivity index (χ2v) is 7.93. The first-order valence-corrected chi connectivity index (χ1v) is 11.1. The lowest BCUT2D eigenvalue weighted by Crippen LogP contribution is -2.46. The van der Waals surface area contributed by atoms with Gasteiger partial charge < -0.3 is 19.7 Å². The molecule has 1 aliphatic heterocycles. The van der Waals surface area contributed by atoms with Gasteiger partial charge in [-0.2, -0.15) is 5.26 Å². The van der Waals surface area contributed by atoms with E-state index in [1.54, 1.807) is 37.6 Å². The number of nitrogens with zero attached hydrogens (tertiary/aromatic N) is 4. The van der Waals surface area contributed by atoms with Crippen LogP contribution in [-0.4, -0.2) is 56.2 Å². The van der Waals surface area contributed by atoms with Gasteiger partial charge in [-0.25, -0.2) is 4.98 Å². The number of amides is 1. The second kappa shape index (κ2) is 10.7. The Hall–Kier alpha value is -4.09. The largest absolute Gasteiger partial charge is 0.496 e. The number of nitriles is 1. The summed E-state index contributed by atoms with van der Waals surface area (Å²) in [6.07, 6.45) is 1.57. The van der Waals surface area contributed by atoms with Crippen molar-refractivity contribution < 1.29 is 14.3 Å². The SMILES string of the molecule is COc1ccccc1CN1CCN(c2ccc(C#N)cc2NC(=O)c2cccnc2OC)CC1. The highest BCUT2D eigenvalue weighted by molar-refractivity contribution is 6.07. The Bertz CT molecular complexity index is 1200. The molecule has 34 heavy (non-hydrogen) atoms. The summed E-state index contributed by atoms with van der Waals surface area (Å²) in [5.41, 5.74) is 3.45. The van der Waals surface area contributed by atoms with Crippen molar-refractivity contribution in [2.75, 3.05) is 50.6 Å². The highest BCUT2D eigenvalue weighted by Crippen LogP contribution is 2.30. The number of carbonyl (C=O) groups excluding carboxylic acids is 1. The molecular weight excluding hydrogens is 430 g/mol. The zero-order valence-corrected chi connectivity index (χ0v) is 19.3. The molecule has 1 fully saturated rings. The van der Waals surface area contributed by atoms with E-state index in [-0.39, 0.29) is 11.8 Å². The van der Waals surface area contributed by atoms with Crippen molar-refractivity contribution in [3.05, 3.63) is 77.5 Å². The molecule has 0 unspecified atom stereocenters. The summed E-state index contributed by atoms with van der Waals surface area (Å²) in [4.78, 5) is 21.7. The van der Waals surface area contributed by atoms with Gasteiger partial charge in [0.1, 0.15) is 11.3 Å². The molecule has 1 N–H and O–H groups in total. The maximum absolute atomic E-state index is 13.0. The van der Waals surface area contributed by atoms with Crippen LogP contribution in [0.15, 0.2) is 60.8 Å². The van der Waals surface area contributed by atoms with Crippen LogP contribution in [0.25, 0.3) is 0 Å². The molecule has 8 nitrogen and oxygen atoms in total. The lowest BCUT2D eigenvalue weighted by Gasteiger charge is -2.37. The van der Waals surface area contributed by atoms with E-state index in [1.165, 1.54) is 7.11 Å². The highest BCUT2D eigenvalue weighted by Gasteiger charge is 2.22. The molecule has 0 atom stereocenters. The molecule has 0 radical (unpaired) electrons. The zero-order chi connectivity index (χ0) is 23.9. The molecule has 2 aromatic carbocycles. The molecule has 1 saturated heterocycles. The van der Waals surface area contributed by atoms with E-state index < -0.39 is 0 Å². The minimum absolute atomic E-state index is 0.253. The standard InChI is InChI=1S/C26H27N5O3/c1-33-24-8-4-3-6-20(24)18-30-12-14-31(15-13-30)23-10-9-19(17-27)16-22(23)29-25(32)21-7-5-11-28-26(21)34-2/h3-11,16H,12-15,18H2,1-2H3,(H,29,32). The van der Waals surface area contributed by atoms with Gasteiger partial charge in [-0.15, -0.1) is 0 Å². The van der Waals surface area contributed by atoms with E-state index in [1.807, 2.05) is 24.3 Å². The van der Waals surface area contributed by atoms with E-state index in [4.69, 9.17) is 9.47 Å². The van der Waals surface area contributed by atoms with Crippen LogP contribution in [0.4, 0.5) is 11.4 Å². The first kappa shape index (κ1) is 23.1. The van der Waals surface area contributed by atoms with Gasteiger partial charge in [-0.3, -0.25) is 9.69 Å². The van der Waals surface area contributed by atoms with Crippen molar-refractivity contribution in [3.63, 3.8) is 0 Å². The van der Waals surface area contributed by atoms with Crippen LogP contribution in [-0.2, 0) is 6.54 Å². The normalized spacial score (nSPS) is 13.7. The molecule has 4 rings (SSSR count). The average molecular weight is 458 g/mol. The Morgan fingerprint density at radius 1 is 1.06 bits per heavy atom. The number of pyridine rings is 1. The van der Waals surface area contributed by atoms with Crippen molar-refractivity contribution >= 4 is 17.3 Å². The number of piperazine rings is 1. The summed E-state index contributed by atoms with van der Waals surface area (Å²) in [5, 5.41) is 12.3. The van der Waals surface area contributed by atoms with Gasteiger partial charge in [-0.1, -0.05) is 18.2 Å². The van der Waals surface area contributed by atoms with E-state index >= 15 is 0 Å². The molecule has 1 aliphatic rings. The van der Waals surface area contributed by atoms with Crippen molar-refractivity contribution in [1.29, 1.82) is 5.26 Å². The fourth-order valence-corrected chi connectivity index (χ4v) is 4.12. The molecule has 1 amide bonds. The molecule has 0 spiro atoms. The fraction of sp³-hybridized carbons (Fsp3) is 0.269. The molecule has 8 heteroatoms. The second-order valence-electron chi connectivity index (χ2n) is 7.93. The quantitative estimate of drug-likeness (QED) is 0.580. The number of hydrogen-bond donors (Lipinski definition) is 1. The van der Waals surface area contributed by atoms with Crippen LogP contribution in [0.1, 0.15) is 21.5 Å². The van der Waals surface area contributed by atoms with Gasteiger partial charge in [0, 0.05) is 44.5 Å². The number of nitrogens with one attached hydrogen (secondary N) is 1. The minimum Gasteiger partial charge on any atom is -0.496 e. The number of methoxy groups -OCH3 is 2. The number of hydrogen-bond acceptors (Lipinski definition) is 7. The van der Waals surface area contributed by atoms with Crippen molar-refractivity contribution in [3.8, 4) is 17.7 Å². The van der Waals surface area contributed by atoms with Gasteiger partial charge in [-0.05, 0) is 36.4 Å². The summed E-state index contributed by atoms with van der Waals surface area (Å²) in [6.45, 7) is 4.12. The van der Waals surface area contributed by atoms with E-state index in [0.717, 1.165) is 49.7 Å². The molecule has 3 aromatic rings. The smallest absolute Gasteiger partial charge is 0.261 e. The number of rotatable bonds is 7. The van der Waals surface area contributed by atoms with Crippen molar-refractivity contribution in [1.82, 2.24) is 9.88 Å². The predicted molar refractivity (Wildman–Crippen MR) is 130 cm³/mol. The zero-order valence-electron chi connectivity index (χ0n) is 19.3. The van der Waals surface area contributed by atoms with E-state index in [0.29, 0.717) is 16.8 Å². The molecule has 0 aliphatic carbocycles. The van der Waals surface area contributed by atoms with Crippen LogP contribution in [0.2, 0.25) is 0 Å². The summed E-state index contributed by atoms with van der Waals surface area (Å²) >= 11 is 0. The summed E-state index contributed by atoms with van der Waals surface area (Å²) in [5.74, 6) is 0.812. The monoisotopic (exact) mass is 457 g/mol. The summed E-state index contributed by atoms with van der Waals surface area (Å²) in [7, 11) is 3.17. The van der Waals surface area contributed by atoms with Crippen LogP contribution in [0.3, 0.4) is 0 Å². The molecule has 2 heterocycles. The third-order valence-electron chi connectivity index (χ3n) is 5.88. The minimum atomic E-state index is -0.337. The van der Waals surface area contributed by atoms with Crippen molar-refractivity contribution in [2.45, 2.75) is 6.54 Å². The number of para-hydroxylation sites is 1. The Morgan fingerprint density at radius 2 is 1.85 bits per heavy atom. The number of anilines is 2. The Balaban J connectivity index is 1.49. The van der Waals surface area contributed by atoms with Crippen LogP contribution >= 0.6 is 0 Å². The molecule has 0 saturated carbocycles. The van der Waals surface area contributed by atoms with Crippen LogP contribution < -0.4 is 19.7 Å². The lowest BCUT2D eigenvalue weighted by molar-refractivity contribution is 0.102. The molecule has 174 valence electrons. The average Bonchev–Trinajstić information content (AvgIpc) is 2.89. The van der Waals surface area contributed by atoms with Crippen LogP contribution in [0.5, 0.6) is 11.6 Å². The summed E-state index contributed by atoms with van der Waals surface area (Å²) in [6, 6.07) is 18.9. The molecular formula is C26H27N5O3. The Morgan fingerprint density at radius 3 is 2.59 bits per heavy atom.